The van der Waals surface area contributed by atoms with Gasteiger partial charge in [0.2, 0.25) is 0 Å². The molecule has 2 aliphatic heterocycles. The van der Waals surface area contributed by atoms with Crippen LogP contribution >= 0.6 is 0 Å². The van der Waals surface area contributed by atoms with Gasteiger partial charge in [0.05, 0.1) is 24.2 Å². The average molecular weight is 466 g/mol. The second kappa shape index (κ2) is 9.15. The monoisotopic (exact) mass is 465 g/mol. The lowest BCUT2D eigenvalue weighted by atomic mass is 9.66. The Balaban J connectivity index is 1.37. The summed E-state index contributed by atoms with van der Waals surface area (Å²) < 4.78 is 1.54. The van der Waals surface area contributed by atoms with Crippen molar-refractivity contribution in [2.24, 2.45) is 5.41 Å². The number of amides is 2. The number of aliphatic hydroxyl groups is 1. The van der Waals surface area contributed by atoms with Gasteiger partial charge in [-0.1, -0.05) is 43.2 Å². The number of benzene rings is 1. The van der Waals surface area contributed by atoms with E-state index in [0.717, 1.165) is 44.3 Å². The minimum Gasteiger partial charge on any atom is -0.387 e. The molecular weight excluding hydrogens is 430 g/mol. The third-order valence-electron chi connectivity index (χ3n) is 8.24. The van der Waals surface area contributed by atoms with Crippen molar-refractivity contribution in [1.29, 1.82) is 0 Å². The van der Waals surface area contributed by atoms with E-state index < -0.39 is 11.0 Å². The largest absolute Gasteiger partial charge is 0.387 e. The highest BCUT2D eigenvalue weighted by Crippen LogP contribution is 2.51. The van der Waals surface area contributed by atoms with Crippen LogP contribution in [0, 0.1) is 5.41 Å². The number of rotatable bonds is 3. The molecule has 1 spiro atoms. The molecule has 2 saturated heterocycles. The van der Waals surface area contributed by atoms with E-state index in [0.29, 0.717) is 31.7 Å². The van der Waals surface area contributed by atoms with Crippen LogP contribution in [0.15, 0.2) is 47.5 Å². The van der Waals surface area contributed by atoms with Crippen LogP contribution in [0.5, 0.6) is 0 Å². The topological polar surface area (TPSA) is 90.7 Å². The first kappa shape index (κ1) is 23.1. The van der Waals surface area contributed by atoms with Gasteiger partial charge in [0.15, 0.2) is 0 Å². The maximum absolute atomic E-state index is 13.4. The first-order valence-corrected chi connectivity index (χ1v) is 12.5. The number of hydrogen-bond donors (Lipinski definition) is 2. The van der Waals surface area contributed by atoms with Gasteiger partial charge >= 0.3 is 6.03 Å². The number of likely N-dealkylation sites (tertiary alicyclic amines) is 1. The number of carbonyl (C=O) groups excluding carboxylic acids is 1. The molecule has 1 aromatic heterocycles. The lowest BCUT2D eigenvalue weighted by Crippen LogP contribution is -2.65. The highest BCUT2D eigenvalue weighted by molar-refractivity contribution is 5.75. The predicted molar refractivity (Wildman–Crippen MR) is 130 cm³/mol. The molecule has 3 fully saturated rings. The number of nitrogens with one attached hydrogen (secondary N) is 1. The van der Waals surface area contributed by atoms with Gasteiger partial charge in [-0.3, -0.25) is 9.36 Å². The minimum absolute atomic E-state index is 0.0772. The van der Waals surface area contributed by atoms with Gasteiger partial charge in [-0.05, 0) is 26.2 Å². The Morgan fingerprint density at radius 2 is 1.94 bits per heavy atom. The molecule has 2 N–H and O–H groups in total. The molecule has 3 aliphatic rings. The average Bonchev–Trinajstić information content (AvgIpc) is 3.33. The van der Waals surface area contributed by atoms with Crippen molar-refractivity contribution >= 4 is 6.03 Å². The molecule has 8 nitrogen and oxygen atoms in total. The third kappa shape index (κ3) is 4.14. The van der Waals surface area contributed by atoms with E-state index in [4.69, 9.17) is 0 Å². The quantitative estimate of drug-likeness (QED) is 0.726. The highest BCUT2D eigenvalue weighted by Gasteiger charge is 2.56. The molecule has 2 aromatic rings. The molecule has 182 valence electrons. The number of urea groups is 1. The zero-order valence-corrected chi connectivity index (χ0v) is 19.9. The summed E-state index contributed by atoms with van der Waals surface area (Å²) in [7, 11) is 0. The minimum atomic E-state index is -1.05. The Morgan fingerprint density at radius 3 is 2.65 bits per heavy atom. The van der Waals surface area contributed by atoms with E-state index in [2.05, 4.69) is 17.2 Å². The van der Waals surface area contributed by atoms with Gasteiger partial charge in [0.1, 0.15) is 0 Å². The van der Waals surface area contributed by atoms with Gasteiger partial charge in [-0.15, -0.1) is 0 Å². The van der Waals surface area contributed by atoms with E-state index in [1.165, 1.54) is 0 Å². The summed E-state index contributed by atoms with van der Waals surface area (Å²) in [6, 6.07) is 11.4. The van der Waals surface area contributed by atoms with Crippen LogP contribution in [0.25, 0.3) is 11.3 Å². The van der Waals surface area contributed by atoms with E-state index >= 15 is 0 Å². The van der Waals surface area contributed by atoms with E-state index in [9.17, 15) is 14.7 Å². The molecule has 3 heterocycles. The number of carbonyl (C=O) groups is 1. The fourth-order valence-electron chi connectivity index (χ4n) is 6.16. The first-order valence-electron chi connectivity index (χ1n) is 12.5. The fourth-order valence-corrected chi connectivity index (χ4v) is 6.16. The van der Waals surface area contributed by atoms with Gasteiger partial charge in [0.25, 0.3) is 5.56 Å². The Morgan fingerprint density at radius 1 is 1.18 bits per heavy atom. The van der Waals surface area contributed by atoms with Crippen LogP contribution in [0.4, 0.5) is 4.79 Å². The molecule has 34 heavy (non-hydrogen) atoms. The Bertz CT molecular complexity index is 1080. The molecular formula is C26H35N5O3. The summed E-state index contributed by atoms with van der Waals surface area (Å²) in [5.74, 6) is 0. The number of hydrogen-bond acceptors (Lipinski definition) is 5. The lowest BCUT2D eigenvalue weighted by molar-refractivity contribution is -0.136. The molecule has 0 radical (unpaired) electrons. The summed E-state index contributed by atoms with van der Waals surface area (Å²) in [4.78, 5) is 34.8. The molecule has 8 heteroatoms. The van der Waals surface area contributed by atoms with E-state index in [1.807, 2.05) is 40.1 Å². The molecule has 5 rings (SSSR count). The van der Waals surface area contributed by atoms with Crippen molar-refractivity contribution in [3.05, 3.63) is 53.1 Å². The van der Waals surface area contributed by atoms with Crippen molar-refractivity contribution in [3.63, 3.8) is 0 Å². The van der Waals surface area contributed by atoms with E-state index in [-0.39, 0.29) is 24.2 Å². The first-order chi connectivity index (χ1) is 16.4. The second-order valence-corrected chi connectivity index (χ2v) is 10.3. The lowest BCUT2D eigenvalue weighted by Gasteiger charge is -2.53. The maximum Gasteiger partial charge on any atom is 0.320 e. The van der Waals surface area contributed by atoms with Crippen molar-refractivity contribution in [2.45, 2.75) is 57.2 Å². The molecule has 0 bridgehead atoms. The highest BCUT2D eigenvalue weighted by atomic mass is 16.3. The van der Waals surface area contributed by atoms with Crippen LogP contribution in [0.3, 0.4) is 0 Å². The second-order valence-electron chi connectivity index (χ2n) is 10.3. The number of piperazine rings is 1. The summed E-state index contributed by atoms with van der Waals surface area (Å²) >= 11 is 0. The van der Waals surface area contributed by atoms with Crippen molar-refractivity contribution in [2.75, 3.05) is 32.7 Å². The Hall–Kier alpha value is -2.71. The summed E-state index contributed by atoms with van der Waals surface area (Å²) in [6.07, 6.45) is 5.84. The molecule has 2 atom stereocenters. The number of nitrogens with zero attached hydrogens (tertiary/aromatic N) is 4. The normalized spacial score (nSPS) is 26.7. The van der Waals surface area contributed by atoms with Crippen LogP contribution < -0.4 is 10.9 Å². The van der Waals surface area contributed by atoms with Gasteiger partial charge < -0.3 is 20.2 Å². The van der Waals surface area contributed by atoms with Gasteiger partial charge in [0, 0.05) is 55.8 Å². The molecule has 1 saturated carbocycles. The standard InChI is InChI=1S/C26H35N5O3/c1-20-16-27-12-14-31(20)24(33)29-13-11-26(34,25(17-29)9-5-6-10-25)18-30-19-28-22(15-23(30)32)21-7-3-2-4-8-21/h2-4,7-8,15,19-20,27,34H,5-6,9-14,16-18H2,1H3/t20-,26?/m1/s1. The zero-order chi connectivity index (χ0) is 23.8. The summed E-state index contributed by atoms with van der Waals surface area (Å²) in [6.45, 7) is 5.66. The summed E-state index contributed by atoms with van der Waals surface area (Å²) in [5, 5.41) is 15.3. The van der Waals surface area contributed by atoms with Crippen molar-refractivity contribution < 1.29 is 9.90 Å². The smallest absolute Gasteiger partial charge is 0.320 e. The van der Waals surface area contributed by atoms with Crippen molar-refractivity contribution in [1.82, 2.24) is 24.7 Å². The predicted octanol–water partition coefficient (Wildman–Crippen LogP) is 2.32. The zero-order valence-electron chi connectivity index (χ0n) is 19.9. The number of piperidine rings is 1. The Kier molecular flexibility index (Phi) is 6.20. The number of aromatic nitrogens is 2. The van der Waals surface area contributed by atoms with Crippen LogP contribution in [0.2, 0.25) is 0 Å². The molecule has 1 aliphatic carbocycles. The summed E-state index contributed by atoms with van der Waals surface area (Å²) in [5.41, 5.74) is -0.0737. The SMILES string of the molecule is C[C@@H]1CNCCN1C(=O)N1CCC(O)(Cn2cnc(-c3ccccc3)cc2=O)C2(CCCC2)C1. The van der Waals surface area contributed by atoms with Gasteiger partial charge in [-0.2, -0.15) is 0 Å². The molecule has 2 amide bonds. The molecule has 1 unspecified atom stereocenters. The van der Waals surface area contributed by atoms with Crippen molar-refractivity contribution in [3.8, 4) is 11.3 Å². The van der Waals surface area contributed by atoms with Crippen LogP contribution in [-0.4, -0.2) is 74.9 Å². The molecule has 1 aromatic carbocycles. The van der Waals surface area contributed by atoms with Crippen LogP contribution in [0.1, 0.15) is 39.0 Å². The third-order valence-corrected chi connectivity index (χ3v) is 8.24. The fraction of sp³-hybridized carbons (Fsp3) is 0.577. The maximum atomic E-state index is 13.4. The Labute approximate surface area is 200 Å². The van der Waals surface area contributed by atoms with E-state index in [1.54, 1.807) is 17.0 Å². The van der Waals surface area contributed by atoms with Crippen LogP contribution in [-0.2, 0) is 6.54 Å². The van der Waals surface area contributed by atoms with Gasteiger partial charge in [-0.25, -0.2) is 9.78 Å².